The number of nitrogens with one attached hydrogen (secondary N) is 1. The quantitative estimate of drug-likeness (QED) is 0.881. The Balaban J connectivity index is 2.01. The fourth-order valence-corrected chi connectivity index (χ4v) is 2.12. The SMILES string of the molecule is NCC(NC1CCC1)c1ccc(Br)cc1. The predicted molar refractivity (Wildman–Crippen MR) is 66.7 cm³/mol. The van der Waals surface area contributed by atoms with Gasteiger partial charge in [0, 0.05) is 23.1 Å². The van der Waals surface area contributed by atoms with Gasteiger partial charge in [-0.15, -0.1) is 0 Å². The van der Waals surface area contributed by atoms with Crippen LogP contribution in [0.5, 0.6) is 0 Å². The van der Waals surface area contributed by atoms with E-state index in [1.165, 1.54) is 24.8 Å². The van der Waals surface area contributed by atoms with E-state index in [1.807, 2.05) is 0 Å². The summed E-state index contributed by atoms with van der Waals surface area (Å²) in [5.74, 6) is 0. The number of benzene rings is 1. The molecule has 1 aromatic carbocycles. The summed E-state index contributed by atoms with van der Waals surface area (Å²) in [5, 5.41) is 3.60. The number of hydrogen-bond acceptors (Lipinski definition) is 2. The summed E-state index contributed by atoms with van der Waals surface area (Å²) in [4.78, 5) is 0. The molecule has 0 aliphatic heterocycles. The molecule has 1 aliphatic rings. The molecule has 1 saturated carbocycles. The van der Waals surface area contributed by atoms with Gasteiger partial charge in [-0.3, -0.25) is 0 Å². The van der Waals surface area contributed by atoms with Gasteiger partial charge in [0.25, 0.3) is 0 Å². The van der Waals surface area contributed by atoms with Gasteiger partial charge in [0.1, 0.15) is 0 Å². The largest absolute Gasteiger partial charge is 0.329 e. The lowest BCUT2D eigenvalue weighted by molar-refractivity contribution is 0.307. The maximum absolute atomic E-state index is 5.80. The average Bonchev–Trinajstić information content (AvgIpc) is 2.19. The summed E-state index contributed by atoms with van der Waals surface area (Å²) in [6.07, 6.45) is 3.95. The van der Waals surface area contributed by atoms with E-state index in [-0.39, 0.29) is 0 Å². The first-order chi connectivity index (χ1) is 7.29. The van der Waals surface area contributed by atoms with Gasteiger partial charge in [0.15, 0.2) is 0 Å². The summed E-state index contributed by atoms with van der Waals surface area (Å²) in [5.41, 5.74) is 7.08. The molecule has 15 heavy (non-hydrogen) atoms. The predicted octanol–water partition coefficient (Wildman–Crippen LogP) is 2.59. The maximum atomic E-state index is 5.80. The minimum atomic E-state index is 0.309. The highest BCUT2D eigenvalue weighted by atomic mass is 79.9. The Bertz CT molecular complexity index is 306. The van der Waals surface area contributed by atoms with E-state index in [4.69, 9.17) is 5.73 Å². The Morgan fingerprint density at radius 3 is 2.47 bits per heavy atom. The molecule has 1 fully saturated rings. The molecule has 82 valence electrons. The molecule has 0 saturated heterocycles. The number of rotatable bonds is 4. The molecule has 3 heteroatoms. The summed E-state index contributed by atoms with van der Waals surface area (Å²) < 4.78 is 1.12. The standard InChI is InChI=1S/C12H17BrN2/c13-10-6-4-9(5-7-10)12(8-14)15-11-2-1-3-11/h4-7,11-12,15H,1-3,8,14H2. The van der Waals surface area contributed by atoms with E-state index in [0.29, 0.717) is 18.6 Å². The zero-order chi connectivity index (χ0) is 10.7. The molecule has 2 nitrogen and oxygen atoms in total. The molecular formula is C12H17BrN2. The molecule has 2 rings (SSSR count). The van der Waals surface area contributed by atoms with Gasteiger partial charge in [-0.2, -0.15) is 0 Å². The van der Waals surface area contributed by atoms with Gasteiger partial charge in [-0.1, -0.05) is 34.5 Å². The molecule has 1 aliphatic carbocycles. The van der Waals surface area contributed by atoms with Gasteiger partial charge in [-0.05, 0) is 30.5 Å². The van der Waals surface area contributed by atoms with E-state index in [0.717, 1.165) is 4.47 Å². The van der Waals surface area contributed by atoms with Crippen LogP contribution < -0.4 is 11.1 Å². The minimum Gasteiger partial charge on any atom is -0.329 e. The van der Waals surface area contributed by atoms with E-state index < -0.39 is 0 Å². The monoisotopic (exact) mass is 268 g/mol. The second-order valence-corrected chi connectivity index (χ2v) is 5.05. The van der Waals surface area contributed by atoms with Crippen LogP contribution >= 0.6 is 15.9 Å². The van der Waals surface area contributed by atoms with Crippen LogP contribution in [0, 0.1) is 0 Å². The third kappa shape index (κ3) is 2.80. The minimum absolute atomic E-state index is 0.309. The van der Waals surface area contributed by atoms with Gasteiger partial charge in [-0.25, -0.2) is 0 Å². The Kier molecular flexibility index (Phi) is 3.78. The summed E-state index contributed by atoms with van der Waals surface area (Å²) in [6, 6.07) is 9.40. The third-order valence-corrected chi connectivity index (χ3v) is 3.58. The fraction of sp³-hybridized carbons (Fsp3) is 0.500. The van der Waals surface area contributed by atoms with Crippen LogP contribution in [0.3, 0.4) is 0 Å². The van der Waals surface area contributed by atoms with Crippen molar-refractivity contribution in [2.24, 2.45) is 5.73 Å². The molecule has 0 heterocycles. The zero-order valence-corrected chi connectivity index (χ0v) is 10.3. The molecule has 0 bridgehead atoms. The molecule has 1 atom stereocenters. The van der Waals surface area contributed by atoms with Crippen LogP contribution in [0.25, 0.3) is 0 Å². The third-order valence-electron chi connectivity index (χ3n) is 3.05. The molecule has 0 spiro atoms. The van der Waals surface area contributed by atoms with Crippen molar-refractivity contribution in [3.63, 3.8) is 0 Å². The number of nitrogens with two attached hydrogens (primary N) is 1. The average molecular weight is 269 g/mol. The van der Waals surface area contributed by atoms with Crippen molar-refractivity contribution in [1.29, 1.82) is 0 Å². The molecule has 0 aromatic heterocycles. The van der Waals surface area contributed by atoms with Crippen LogP contribution in [-0.2, 0) is 0 Å². The van der Waals surface area contributed by atoms with Crippen molar-refractivity contribution in [2.75, 3.05) is 6.54 Å². The Hall–Kier alpha value is -0.380. The lowest BCUT2D eigenvalue weighted by atomic mass is 9.91. The zero-order valence-electron chi connectivity index (χ0n) is 8.75. The number of halogens is 1. The van der Waals surface area contributed by atoms with Gasteiger partial charge in [0.2, 0.25) is 0 Å². The van der Waals surface area contributed by atoms with Crippen LogP contribution in [0.1, 0.15) is 30.9 Å². The van der Waals surface area contributed by atoms with Gasteiger partial charge >= 0.3 is 0 Å². The Morgan fingerprint density at radius 1 is 1.33 bits per heavy atom. The first-order valence-corrected chi connectivity index (χ1v) is 6.30. The van der Waals surface area contributed by atoms with E-state index in [9.17, 15) is 0 Å². The number of hydrogen-bond donors (Lipinski definition) is 2. The Labute approximate surface area is 99.4 Å². The maximum Gasteiger partial charge on any atom is 0.0446 e. The second-order valence-electron chi connectivity index (χ2n) is 4.13. The highest BCUT2D eigenvalue weighted by Gasteiger charge is 2.20. The lowest BCUT2D eigenvalue weighted by Gasteiger charge is -2.31. The lowest BCUT2D eigenvalue weighted by Crippen LogP contribution is -2.40. The first kappa shape index (κ1) is 11.1. The smallest absolute Gasteiger partial charge is 0.0446 e. The molecular weight excluding hydrogens is 252 g/mol. The van der Waals surface area contributed by atoms with Crippen molar-refractivity contribution < 1.29 is 0 Å². The van der Waals surface area contributed by atoms with Crippen molar-refractivity contribution in [2.45, 2.75) is 31.3 Å². The normalized spacial score (nSPS) is 18.5. The Morgan fingerprint density at radius 2 is 2.00 bits per heavy atom. The summed E-state index contributed by atoms with van der Waals surface area (Å²) in [6.45, 7) is 0.665. The highest BCUT2D eigenvalue weighted by Crippen LogP contribution is 2.23. The first-order valence-electron chi connectivity index (χ1n) is 5.51. The van der Waals surface area contributed by atoms with Crippen LogP contribution in [0.4, 0.5) is 0 Å². The van der Waals surface area contributed by atoms with Crippen molar-refractivity contribution in [1.82, 2.24) is 5.32 Å². The molecule has 1 unspecified atom stereocenters. The van der Waals surface area contributed by atoms with E-state index in [2.05, 4.69) is 45.5 Å². The highest BCUT2D eigenvalue weighted by molar-refractivity contribution is 9.10. The van der Waals surface area contributed by atoms with Crippen molar-refractivity contribution in [3.8, 4) is 0 Å². The molecule has 0 amide bonds. The van der Waals surface area contributed by atoms with Gasteiger partial charge < -0.3 is 11.1 Å². The van der Waals surface area contributed by atoms with Gasteiger partial charge in [0.05, 0.1) is 0 Å². The second kappa shape index (κ2) is 5.10. The molecule has 0 radical (unpaired) electrons. The fourth-order valence-electron chi connectivity index (χ4n) is 1.85. The van der Waals surface area contributed by atoms with E-state index in [1.54, 1.807) is 0 Å². The molecule has 3 N–H and O–H groups in total. The topological polar surface area (TPSA) is 38.0 Å². The van der Waals surface area contributed by atoms with Crippen LogP contribution in [0.2, 0.25) is 0 Å². The van der Waals surface area contributed by atoms with Crippen molar-refractivity contribution in [3.05, 3.63) is 34.3 Å². The molecule has 1 aromatic rings. The summed E-state index contributed by atoms with van der Waals surface area (Å²) in [7, 11) is 0. The van der Waals surface area contributed by atoms with Crippen LogP contribution in [0.15, 0.2) is 28.7 Å². The van der Waals surface area contributed by atoms with Crippen LogP contribution in [-0.4, -0.2) is 12.6 Å². The van der Waals surface area contributed by atoms with Crippen molar-refractivity contribution >= 4 is 15.9 Å². The van der Waals surface area contributed by atoms with E-state index >= 15 is 0 Å². The summed E-state index contributed by atoms with van der Waals surface area (Å²) >= 11 is 3.44.